The average Bonchev–Trinajstić information content (AvgIpc) is 2.45. The Morgan fingerprint density at radius 2 is 1.33 bits per heavy atom. The molecule has 1 atom stereocenters. The lowest BCUT2D eigenvalue weighted by Crippen LogP contribution is -2.22. The van der Waals surface area contributed by atoms with E-state index in [0.717, 1.165) is 12.8 Å². The number of rotatable bonds is 16. The second-order valence-corrected chi connectivity index (χ2v) is 5.99. The fourth-order valence-corrected chi connectivity index (χ4v) is 2.45. The van der Waals surface area contributed by atoms with Crippen LogP contribution >= 0.6 is 0 Å². The van der Waals surface area contributed by atoms with Crippen molar-refractivity contribution in [1.82, 2.24) is 0 Å². The Balaban J connectivity index is 3.12. The summed E-state index contributed by atoms with van der Waals surface area (Å²) in [5, 5.41) is 0. The maximum atomic E-state index is 11.8. The molecule has 0 fully saturated rings. The first-order valence-corrected chi connectivity index (χ1v) is 8.78. The van der Waals surface area contributed by atoms with Crippen molar-refractivity contribution in [2.45, 2.75) is 96.4 Å². The topological polar surface area (TPSA) is 35.2 Å². The van der Waals surface area contributed by atoms with Crippen LogP contribution in [0.2, 0.25) is 0 Å². The third-order valence-corrected chi connectivity index (χ3v) is 3.81. The smallest absolute Gasteiger partial charge is 0.261 e. The molecule has 0 heterocycles. The summed E-state index contributed by atoms with van der Waals surface area (Å²) in [4.78, 5) is 0. The highest BCUT2D eigenvalue weighted by molar-refractivity contribution is 4.61. The van der Waals surface area contributed by atoms with Crippen LogP contribution in [0.3, 0.4) is 0 Å². The molecule has 1 unspecified atom stereocenters. The van der Waals surface area contributed by atoms with Crippen molar-refractivity contribution in [3.05, 3.63) is 0 Å². The molecule has 0 aliphatic carbocycles. The molecule has 21 heavy (non-hydrogen) atoms. The number of hydrogen-bond acceptors (Lipinski definition) is 2. The van der Waals surface area contributed by atoms with Gasteiger partial charge in [0.15, 0.2) is 0 Å². The van der Waals surface area contributed by atoms with E-state index in [2.05, 4.69) is 6.92 Å². The molecule has 0 radical (unpaired) electrons. The van der Waals surface area contributed by atoms with E-state index >= 15 is 0 Å². The summed E-state index contributed by atoms with van der Waals surface area (Å²) in [5.41, 5.74) is 5.93. The minimum Gasteiger partial charge on any atom is -0.375 e. The first-order valence-electron chi connectivity index (χ1n) is 8.78. The maximum absolute atomic E-state index is 11.8. The fraction of sp³-hybridized carbons (Fsp3) is 1.00. The van der Waals surface area contributed by atoms with E-state index in [1.54, 1.807) is 0 Å². The first kappa shape index (κ1) is 20.8. The van der Waals surface area contributed by atoms with Crippen molar-refractivity contribution in [3.8, 4) is 0 Å². The largest absolute Gasteiger partial charge is 0.375 e. The zero-order valence-corrected chi connectivity index (χ0v) is 13.8. The van der Waals surface area contributed by atoms with Gasteiger partial charge in [0.2, 0.25) is 0 Å². The van der Waals surface area contributed by atoms with Crippen molar-refractivity contribution in [2.75, 3.05) is 13.2 Å². The molecule has 0 rings (SSSR count). The number of hydrogen-bond donors (Lipinski definition) is 1. The van der Waals surface area contributed by atoms with Crippen molar-refractivity contribution in [1.29, 1.82) is 0 Å². The van der Waals surface area contributed by atoms with Gasteiger partial charge in [0.05, 0.1) is 0 Å². The summed E-state index contributed by atoms with van der Waals surface area (Å²) in [5.74, 6) is 0. The van der Waals surface area contributed by atoms with Gasteiger partial charge in [-0.05, 0) is 12.8 Å². The molecule has 0 amide bonds. The SMILES string of the molecule is CCCCCCCCCCCCC(N)CCOCC(F)F. The molecule has 0 saturated heterocycles. The van der Waals surface area contributed by atoms with E-state index in [4.69, 9.17) is 10.5 Å². The molecule has 2 N–H and O–H groups in total. The highest BCUT2D eigenvalue weighted by Crippen LogP contribution is 2.12. The molecule has 0 bridgehead atoms. The van der Waals surface area contributed by atoms with Gasteiger partial charge in [0, 0.05) is 12.6 Å². The standard InChI is InChI=1S/C17H35F2NO/c1-2-3-4-5-6-7-8-9-10-11-12-16(20)13-14-21-15-17(18)19/h16-17H,2-15,20H2,1H3. The summed E-state index contributed by atoms with van der Waals surface area (Å²) in [7, 11) is 0. The highest BCUT2D eigenvalue weighted by Gasteiger charge is 2.05. The van der Waals surface area contributed by atoms with E-state index in [-0.39, 0.29) is 6.04 Å². The summed E-state index contributed by atoms with van der Waals surface area (Å²) >= 11 is 0. The number of ether oxygens (including phenoxy) is 1. The molecule has 2 nitrogen and oxygen atoms in total. The Kier molecular flexibility index (Phi) is 16.0. The van der Waals surface area contributed by atoms with Crippen LogP contribution < -0.4 is 5.73 Å². The van der Waals surface area contributed by atoms with E-state index < -0.39 is 13.0 Å². The molecule has 0 aromatic heterocycles. The summed E-state index contributed by atoms with van der Waals surface area (Å²) in [6.45, 7) is 2.13. The predicted molar refractivity (Wildman–Crippen MR) is 85.9 cm³/mol. The van der Waals surface area contributed by atoms with Crippen LogP contribution in [0.1, 0.15) is 84.0 Å². The van der Waals surface area contributed by atoms with Gasteiger partial charge in [-0.25, -0.2) is 8.78 Å². The van der Waals surface area contributed by atoms with Crippen molar-refractivity contribution >= 4 is 0 Å². The number of unbranched alkanes of at least 4 members (excludes halogenated alkanes) is 9. The van der Waals surface area contributed by atoms with Gasteiger partial charge < -0.3 is 10.5 Å². The Labute approximate surface area is 129 Å². The second-order valence-electron chi connectivity index (χ2n) is 5.99. The van der Waals surface area contributed by atoms with Gasteiger partial charge in [-0.1, -0.05) is 71.1 Å². The van der Waals surface area contributed by atoms with E-state index in [1.807, 2.05) is 0 Å². The van der Waals surface area contributed by atoms with Gasteiger partial charge in [0.25, 0.3) is 6.43 Å². The highest BCUT2D eigenvalue weighted by atomic mass is 19.3. The third-order valence-electron chi connectivity index (χ3n) is 3.81. The monoisotopic (exact) mass is 307 g/mol. The van der Waals surface area contributed by atoms with Gasteiger partial charge in [-0.3, -0.25) is 0 Å². The lowest BCUT2D eigenvalue weighted by molar-refractivity contribution is 0.0150. The minimum atomic E-state index is -2.37. The summed E-state index contributed by atoms with van der Waals surface area (Å²) in [6, 6.07) is 0.0942. The van der Waals surface area contributed by atoms with Gasteiger partial charge >= 0.3 is 0 Å². The lowest BCUT2D eigenvalue weighted by atomic mass is 10.0. The number of alkyl halides is 2. The zero-order valence-electron chi connectivity index (χ0n) is 13.8. The van der Waals surface area contributed by atoms with Crippen molar-refractivity contribution in [3.63, 3.8) is 0 Å². The molecule has 0 aliphatic rings. The second kappa shape index (κ2) is 16.2. The van der Waals surface area contributed by atoms with Gasteiger partial charge in [-0.2, -0.15) is 0 Å². The van der Waals surface area contributed by atoms with E-state index in [9.17, 15) is 8.78 Å². The zero-order chi connectivity index (χ0) is 15.8. The normalized spacial score (nSPS) is 13.0. The molecule has 0 aliphatic heterocycles. The van der Waals surface area contributed by atoms with Crippen LogP contribution in [0.15, 0.2) is 0 Å². The molecule has 0 aromatic rings. The average molecular weight is 307 g/mol. The summed E-state index contributed by atoms with van der Waals surface area (Å²) in [6.07, 6.45) is 12.5. The molecule has 0 spiro atoms. The predicted octanol–water partition coefficient (Wildman–Crippen LogP) is 5.30. The fourth-order valence-electron chi connectivity index (χ4n) is 2.45. The molecule has 4 heteroatoms. The molecule has 128 valence electrons. The van der Waals surface area contributed by atoms with Gasteiger partial charge in [-0.15, -0.1) is 0 Å². The van der Waals surface area contributed by atoms with Crippen molar-refractivity contribution < 1.29 is 13.5 Å². The quantitative estimate of drug-likeness (QED) is 0.393. The molecule has 0 aromatic carbocycles. The third kappa shape index (κ3) is 17.7. The Morgan fingerprint density at radius 1 is 0.810 bits per heavy atom. The van der Waals surface area contributed by atoms with Crippen LogP contribution in [0.4, 0.5) is 8.78 Å². The van der Waals surface area contributed by atoms with E-state index in [0.29, 0.717) is 13.0 Å². The Morgan fingerprint density at radius 3 is 1.86 bits per heavy atom. The number of halogens is 2. The molecular formula is C17H35F2NO. The number of nitrogens with two attached hydrogens (primary N) is 1. The van der Waals surface area contributed by atoms with Crippen LogP contribution in [-0.2, 0) is 4.74 Å². The van der Waals surface area contributed by atoms with Crippen LogP contribution in [-0.4, -0.2) is 25.7 Å². The maximum Gasteiger partial charge on any atom is 0.261 e. The Bertz CT molecular complexity index is 203. The molecular weight excluding hydrogens is 272 g/mol. The van der Waals surface area contributed by atoms with E-state index in [1.165, 1.54) is 57.8 Å². The van der Waals surface area contributed by atoms with Gasteiger partial charge in [0.1, 0.15) is 6.61 Å². The van der Waals surface area contributed by atoms with Crippen molar-refractivity contribution in [2.24, 2.45) is 5.73 Å². The molecule has 0 saturated carbocycles. The van der Waals surface area contributed by atoms with Crippen LogP contribution in [0, 0.1) is 0 Å². The summed E-state index contributed by atoms with van der Waals surface area (Å²) < 4.78 is 28.5. The Hall–Kier alpha value is -0.220. The first-order chi connectivity index (χ1) is 10.2. The lowest BCUT2D eigenvalue weighted by Gasteiger charge is -2.11. The van der Waals surface area contributed by atoms with Crippen LogP contribution in [0.5, 0.6) is 0 Å². The minimum absolute atomic E-state index is 0.0942. The van der Waals surface area contributed by atoms with Crippen LogP contribution in [0.25, 0.3) is 0 Å².